The second-order valence-electron chi connectivity index (χ2n) is 4.38. The van der Waals surface area contributed by atoms with Crippen LogP contribution in [-0.2, 0) is 0 Å². The van der Waals surface area contributed by atoms with Crippen LogP contribution in [0.15, 0.2) is 47.0 Å². The number of rotatable bonds is 3. The quantitative estimate of drug-likeness (QED) is 0.683. The molecule has 5 heteroatoms. The molecule has 0 amide bonds. The number of nitrogens with zero attached hydrogens (tertiary/aromatic N) is 2. The van der Waals surface area contributed by atoms with Crippen molar-refractivity contribution in [3.8, 4) is 17.7 Å². The monoisotopic (exact) mass is 278 g/mol. The van der Waals surface area contributed by atoms with E-state index in [4.69, 9.17) is 14.4 Å². The molecule has 0 aliphatic heterocycles. The van der Waals surface area contributed by atoms with Gasteiger partial charge in [-0.1, -0.05) is 12.1 Å². The number of carbonyl (C=O) groups excluding carboxylic acids is 1. The lowest BCUT2D eigenvalue weighted by atomic mass is 10.2. The van der Waals surface area contributed by atoms with E-state index in [0.29, 0.717) is 16.5 Å². The molecule has 3 rings (SSSR count). The maximum absolute atomic E-state index is 11.6. The summed E-state index contributed by atoms with van der Waals surface area (Å²) in [6.45, 7) is 1.43. The van der Waals surface area contributed by atoms with E-state index >= 15 is 0 Å². The molecule has 2 heterocycles. The molecule has 0 atom stereocenters. The van der Waals surface area contributed by atoms with Crippen LogP contribution in [0.3, 0.4) is 0 Å². The summed E-state index contributed by atoms with van der Waals surface area (Å²) < 4.78 is 11.1. The van der Waals surface area contributed by atoms with Crippen molar-refractivity contribution in [3.63, 3.8) is 0 Å². The molecule has 2 aromatic heterocycles. The third-order valence-corrected chi connectivity index (χ3v) is 3.00. The summed E-state index contributed by atoms with van der Waals surface area (Å²) in [6.07, 6.45) is 1.52. The van der Waals surface area contributed by atoms with Gasteiger partial charge in [-0.25, -0.2) is 4.98 Å². The number of Topliss-reactive ketones (excluding diaryl/α,β-unsaturated/α-hetero) is 1. The van der Waals surface area contributed by atoms with Gasteiger partial charge in [-0.2, -0.15) is 5.26 Å². The second kappa shape index (κ2) is 5.10. The number of carbonyl (C=O) groups is 1. The maximum atomic E-state index is 11.6. The SMILES string of the molecule is CC(=O)c1cccnc1Oc1c(C#N)oc2ccccc12. The molecule has 0 saturated heterocycles. The normalized spacial score (nSPS) is 10.3. The lowest BCUT2D eigenvalue weighted by Crippen LogP contribution is -1.99. The van der Waals surface area contributed by atoms with Gasteiger partial charge in [-0.15, -0.1) is 0 Å². The van der Waals surface area contributed by atoms with Crippen LogP contribution in [0.5, 0.6) is 11.6 Å². The average Bonchev–Trinajstić information content (AvgIpc) is 2.86. The predicted octanol–water partition coefficient (Wildman–Crippen LogP) is 3.69. The van der Waals surface area contributed by atoms with Crippen LogP contribution in [0.25, 0.3) is 11.0 Å². The zero-order valence-electron chi connectivity index (χ0n) is 11.2. The van der Waals surface area contributed by atoms with Gasteiger partial charge in [0.2, 0.25) is 11.6 Å². The Morgan fingerprint density at radius 3 is 2.86 bits per heavy atom. The highest BCUT2D eigenvalue weighted by atomic mass is 16.5. The molecule has 21 heavy (non-hydrogen) atoms. The summed E-state index contributed by atoms with van der Waals surface area (Å²) >= 11 is 0. The van der Waals surface area contributed by atoms with Crippen molar-refractivity contribution in [2.45, 2.75) is 6.92 Å². The lowest BCUT2D eigenvalue weighted by molar-refractivity contribution is 0.101. The minimum Gasteiger partial charge on any atom is -0.442 e. The molecular formula is C16H10N2O3. The highest BCUT2D eigenvalue weighted by Crippen LogP contribution is 2.36. The fourth-order valence-electron chi connectivity index (χ4n) is 2.03. The molecule has 5 nitrogen and oxygen atoms in total. The van der Waals surface area contributed by atoms with Crippen LogP contribution < -0.4 is 4.74 Å². The molecule has 0 N–H and O–H groups in total. The Morgan fingerprint density at radius 1 is 1.29 bits per heavy atom. The minimum atomic E-state index is -0.163. The van der Waals surface area contributed by atoms with Crippen molar-refractivity contribution in [3.05, 3.63) is 53.9 Å². The van der Waals surface area contributed by atoms with E-state index in [0.717, 1.165) is 0 Å². The molecule has 102 valence electrons. The van der Waals surface area contributed by atoms with E-state index in [2.05, 4.69) is 4.98 Å². The number of furan rings is 1. The molecule has 0 radical (unpaired) electrons. The largest absolute Gasteiger partial charge is 0.442 e. The van der Waals surface area contributed by atoms with Crippen molar-refractivity contribution in [1.29, 1.82) is 5.26 Å². The zero-order chi connectivity index (χ0) is 14.8. The van der Waals surface area contributed by atoms with E-state index in [9.17, 15) is 4.79 Å². The molecule has 0 aliphatic rings. The standard InChI is InChI=1S/C16H10N2O3/c1-10(19)11-6-4-8-18-16(11)21-15-12-5-2-3-7-13(12)20-14(15)9-17/h2-8H,1H3. The third-order valence-electron chi connectivity index (χ3n) is 3.00. The fraction of sp³-hybridized carbons (Fsp3) is 0.0625. The van der Waals surface area contributed by atoms with Gasteiger partial charge >= 0.3 is 0 Å². The number of aromatic nitrogens is 1. The van der Waals surface area contributed by atoms with Crippen LogP contribution in [0.1, 0.15) is 23.0 Å². The number of pyridine rings is 1. The van der Waals surface area contributed by atoms with Crippen LogP contribution >= 0.6 is 0 Å². The van der Waals surface area contributed by atoms with Crippen LogP contribution in [0.2, 0.25) is 0 Å². The second-order valence-corrected chi connectivity index (χ2v) is 4.38. The number of nitriles is 1. The Morgan fingerprint density at radius 2 is 2.10 bits per heavy atom. The first-order chi connectivity index (χ1) is 10.2. The smallest absolute Gasteiger partial charge is 0.247 e. The van der Waals surface area contributed by atoms with Gasteiger partial charge in [-0.3, -0.25) is 4.79 Å². The van der Waals surface area contributed by atoms with Gasteiger partial charge in [0.15, 0.2) is 11.5 Å². The molecule has 3 aromatic rings. The third kappa shape index (κ3) is 2.23. The summed E-state index contributed by atoms with van der Waals surface area (Å²) in [5.74, 6) is 0.322. The first-order valence-corrected chi connectivity index (χ1v) is 6.26. The molecule has 0 fully saturated rings. The number of ketones is 1. The Hall–Kier alpha value is -3.13. The number of hydrogen-bond donors (Lipinski definition) is 0. The molecule has 0 aliphatic carbocycles. The molecule has 0 saturated carbocycles. The first kappa shape index (κ1) is 12.9. The Balaban J connectivity index is 2.15. The Bertz CT molecular complexity index is 875. The summed E-state index contributed by atoms with van der Waals surface area (Å²) in [5, 5.41) is 9.83. The van der Waals surface area contributed by atoms with Crippen molar-refractivity contribution in [1.82, 2.24) is 4.98 Å². The summed E-state index contributed by atoms with van der Waals surface area (Å²) in [6, 6.07) is 12.4. The summed E-state index contributed by atoms with van der Waals surface area (Å²) in [5.41, 5.74) is 0.899. The molecule has 1 aromatic carbocycles. The Labute approximate surface area is 120 Å². The Kier molecular flexibility index (Phi) is 3.13. The number of ether oxygens (including phenoxy) is 1. The highest BCUT2D eigenvalue weighted by molar-refractivity contribution is 5.96. The van der Waals surface area contributed by atoms with E-state index in [1.54, 1.807) is 30.3 Å². The topological polar surface area (TPSA) is 76.1 Å². The van der Waals surface area contributed by atoms with Crippen molar-refractivity contribution < 1.29 is 13.9 Å². The van der Waals surface area contributed by atoms with Crippen LogP contribution in [0, 0.1) is 11.3 Å². The number of benzene rings is 1. The fourth-order valence-corrected chi connectivity index (χ4v) is 2.03. The molecule has 0 bridgehead atoms. The molecular weight excluding hydrogens is 268 g/mol. The number of para-hydroxylation sites is 1. The van der Waals surface area contributed by atoms with E-state index in [1.165, 1.54) is 13.1 Å². The van der Waals surface area contributed by atoms with Gasteiger partial charge in [0, 0.05) is 6.20 Å². The molecule has 0 unspecified atom stereocenters. The highest BCUT2D eigenvalue weighted by Gasteiger charge is 2.18. The minimum absolute atomic E-state index is 0.0522. The van der Waals surface area contributed by atoms with Gasteiger partial charge in [0.05, 0.1) is 10.9 Å². The molecule has 0 spiro atoms. The van der Waals surface area contributed by atoms with Crippen LogP contribution in [0.4, 0.5) is 0 Å². The van der Waals surface area contributed by atoms with E-state index in [1.807, 2.05) is 12.1 Å². The van der Waals surface area contributed by atoms with Gasteiger partial charge < -0.3 is 9.15 Å². The summed E-state index contributed by atoms with van der Waals surface area (Å²) in [4.78, 5) is 15.7. The number of hydrogen-bond acceptors (Lipinski definition) is 5. The van der Waals surface area contributed by atoms with Gasteiger partial charge in [0.25, 0.3) is 0 Å². The van der Waals surface area contributed by atoms with Crippen molar-refractivity contribution >= 4 is 16.8 Å². The van der Waals surface area contributed by atoms with Gasteiger partial charge in [-0.05, 0) is 31.2 Å². The first-order valence-electron chi connectivity index (χ1n) is 6.26. The zero-order valence-corrected chi connectivity index (χ0v) is 11.2. The summed E-state index contributed by atoms with van der Waals surface area (Å²) in [7, 11) is 0. The van der Waals surface area contributed by atoms with E-state index < -0.39 is 0 Å². The average molecular weight is 278 g/mol. The van der Waals surface area contributed by atoms with Crippen molar-refractivity contribution in [2.75, 3.05) is 0 Å². The lowest BCUT2D eigenvalue weighted by Gasteiger charge is -2.06. The van der Waals surface area contributed by atoms with Crippen LogP contribution in [-0.4, -0.2) is 10.8 Å². The van der Waals surface area contributed by atoms with Gasteiger partial charge in [0.1, 0.15) is 11.7 Å². The maximum Gasteiger partial charge on any atom is 0.247 e. The van der Waals surface area contributed by atoms with Crippen molar-refractivity contribution in [2.24, 2.45) is 0 Å². The number of fused-ring (bicyclic) bond motifs is 1. The van der Waals surface area contributed by atoms with E-state index in [-0.39, 0.29) is 23.2 Å². The predicted molar refractivity (Wildman–Crippen MR) is 75.2 cm³/mol.